The number of likely N-dealkylation sites (N-methyl/N-ethyl adjacent to an activating group) is 1. The lowest BCUT2D eigenvalue weighted by molar-refractivity contribution is -0.129. The zero-order valence-corrected chi connectivity index (χ0v) is 16.7. The number of amides is 1. The fourth-order valence-electron chi connectivity index (χ4n) is 2.67. The van der Waals surface area contributed by atoms with Gasteiger partial charge in [0, 0.05) is 18.1 Å². The molecule has 0 bridgehead atoms. The fraction of sp³-hybridized carbons (Fsp3) is 0.316. The van der Waals surface area contributed by atoms with Crippen LogP contribution in [0, 0.1) is 6.92 Å². The van der Waals surface area contributed by atoms with Gasteiger partial charge in [-0.1, -0.05) is 35.9 Å². The maximum Gasteiger partial charge on any atom is 0.264 e. The Labute approximate surface area is 160 Å². The van der Waals surface area contributed by atoms with E-state index in [0.717, 1.165) is 9.87 Å². The SMILES string of the molecule is CCN(CC)C(=O)CN(c1cc(Cl)ccc1C)S(=O)(=O)c1ccccc1. The zero-order chi connectivity index (χ0) is 19.3. The molecule has 0 radical (unpaired) electrons. The average Bonchev–Trinajstić information content (AvgIpc) is 2.63. The Bertz CT molecular complexity index is 866. The monoisotopic (exact) mass is 394 g/mol. The van der Waals surface area contributed by atoms with Crippen molar-refractivity contribution in [2.45, 2.75) is 25.7 Å². The molecule has 0 heterocycles. The summed E-state index contributed by atoms with van der Waals surface area (Å²) in [6.07, 6.45) is 0. The second-order valence-corrected chi connectivity index (χ2v) is 8.12. The summed E-state index contributed by atoms with van der Waals surface area (Å²) in [6, 6.07) is 13.1. The summed E-state index contributed by atoms with van der Waals surface area (Å²) in [4.78, 5) is 14.4. The van der Waals surface area contributed by atoms with Crippen LogP contribution in [0.1, 0.15) is 19.4 Å². The van der Waals surface area contributed by atoms with Crippen molar-refractivity contribution in [3.05, 3.63) is 59.1 Å². The van der Waals surface area contributed by atoms with Crippen LogP contribution in [0.15, 0.2) is 53.4 Å². The molecular formula is C19H23ClN2O3S. The molecule has 0 saturated carbocycles. The topological polar surface area (TPSA) is 57.7 Å². The minimum atomic E-state index is -3.91. The van der Waals surface area contributed by atoms with E-state index in [4.69, 9.17) is 11.6 Å². The third-order valence-electron chi connectivity index (χ3n) is 4.17. The average molecular weight is 395 g/mol. The first kappa shape index (κ1) is 20.3. The number of anilines is 1. The first-order valence-corrected chi connectivity index (χ1v) is 10.2. The third kappa shape index (κ3) is 4.37. The van der Waals surface area contributed by atoms with Gasteiger partial charge >= 0.3 is 0 Å². The van der Waals surface area contributed by atoms with E-state index in [1.54, 1.807) is 48.2 Å². The van der Waals surface area contributed by atoms with Crippen LogP contribution in [-0.4, -0.2) is 38.9 Å². The summed E-state index contributed by atoms with van der Waals surface area (Å²) >= 11 is 6.09. The Morgan fingerprint density at radius 2 is 1.65 bits per heavy atom. The van der Waals surface area contributed by atoms with Crippen molar-refractivity contribution < 1.29 is 13.2 Å². The van der Waals surface area contributed by atoms with Gasteiger partial charge in [-0.15, -0.1) is 0 Å². The van der Waals surface area contributed by atoms with Gasteiger partial charge in [-0.05, 0) is 50.6 Å². The van der Waals surface area contributed by atoms with Crippen LogP contribution in [0.5, 0.6) is 0 Å². The van der Waals surface area contributed by atoms with Gasteiger partial charge in [0.15, 0.2) is 0 Å². The van der Waals surface area contributed by atoms with Gasteiger partial charge in [-0.2, -0.15) is 0 Å². The normalized spacial score (nSPS) is 11.2. The van der Waals surface area contributed by atoms with Gasteiger partial charge in [0.1, 0.15) is 6.54 Å². The summed E-state index contributed by atoms with van der Waals surface area (Å²) in [6.45, 7) is 6.28. The molecule has 0 aliphatic rings. The van der Waals surface area contributed by atoms with E-state index < -0.39 is 10.0 Å². The molecular weight excluding hydrogens is 372 g/mol. The molecule has 5 nitrogen and oxygen atoms in total. The molecule has 0 N–H and O–H groups in total. The number of nitrogens with zero attached hydrogens (tertiary/aromatic N) is 2. The Balaban J connectivity index is 2.55. The van der Waals surface area contributed by atoms with E-state index in [9.17, 15) is 13.2 Å². The largest absolute Gasteiger partial charge is 0.342 e. The molecule has 140 valence electrons. The van der Waals surface area contributed by atoms with Gasteiger partial charge in [-0.25, -0.2) is 8.42 Å². The van der Waals surface area contributed by atoms with Crippen LogP contribution in [0.3, 0.4) is 0 Å². The number of aryl methyl sites for hydroxylation is 1. The number of sulfonamides is 1. The van der Waals surface area contributed by atoms with Crippen molar-refractivity contribution in [2.24, 2.45) is 0 Å². The highest BCUT2D eigenvalue weighted by Crippen LogP contribution is 2.29. The van der Waals surface area contributed by atoms with Gasteiger partial charge in [0.25, 0.3) is 10.0 Å². The molecule has 0 unspecified atom stereocenters. The van der Waals surface area contributed by atoms with E-state index >= 15 is 0 Å². The number of hydrogen-bond donors (Lipinski definition) is 0. The number of carbonyl (C=O) groups is 1. The maximum atomic E-state index is 13.2. The molecule has 0 aliphatic carbocycles. The summed E-state index contributed by atoms with van der Waals surface area (Å²) in [5, 5.41) is 0.411. The Kier molecular flexibility index (Phi) is 6.67. The fourth-order valence-corrected chi connectivity index (χ4v) is 4.33. The number of hydrogen-bond acceptors (Lipinski definition) is 3. The molecule has 0 saturated heterocycles. The molecule has 0 atom stereocenters. The van der Waals surface area contributed by atoms with Gasteiger partial charge in [-0.3, -0.25) is 9.10 Å². The van der Waals surface area contributed by atoms with Crippen LogP contribution in [-0.2, 0) is 14.8 Å². The predicted octanol–water partition coefficient (Wildman–Crippen LogP) is 3.71. The number of benzene rings is 2. The second-order valence-electron chi connectivity index (χ2n) is 5.82. The molecule has 0 fully saturated rings. The number of carbonyl (C=O) groups excluding carboxylic acids is 1. The summed E-state index contributed by atoms with van der Waals surface area (Å²) in [5.41, 5.74) is 1.13. The molecule has 2 aromatic carbocycles. The van der Waals surface area contributed by atoms with Crippen molar-refractivity contribution in [1.29, 1.82) is 0 Å². The molecule has 1 amide bonds. The molecule has 0 spiro atoms. The van der Waals surface area contributed by atoms with Crippen LogP contribution >= 0.6 is 11.6 Å². The van der Waals surface area contributed by atoms with Crippen LogP contribution in [0.4, 0.5) is 5.69 Å². The predicted molar refractivity (Wildman–Crippen MR) is 105 cm³/mol. The highest BCUT2D eigenvalue weighted by molar-refractivity contribution is 7.92. The van der Waals surface area contributed by atoms with Crippen molar-refractivity contribution in [3.8, 4) is 0 Å². The zero-order valence-electron chi connectivity index (χ0n) is 15.1. The Hall–Kier alpha value is -2.05. The number of halogens is 1. The molecule has 7 heteroatoms. The lowest BCUT2D eigenvalue weighted by atomic mass is 10.2. The van der Waals surface area contributed by atoms with Crippen molar-refractivity contribution in [3.63, 3.8) is 0 Å². The minimum absolute atomic E-state index is 0.131. The van der Waals surface area contributed by atoms with E-state index in [-0.39, 0.29) is 17.3 Å². The van der Waals surface area contributed by atoms with E-state index in [1.165, 1.54) is 12.1 Å². The van der Waals surface area contributed by atoms with E-state index in [1.807, 2.05) is 13.8 Å². The highest BCUT2D eigenvalue weighted by Gasteiger charge is 2.29. The van der Waals surface area contributed by atoms with Gasteiger partial charge in [0.2, 0.25) is 5.91 Å². The highest BCUT2D eigenvalue weighted by atomic mass is 35.5. The third-order valence-corrected chi connectivity index (χ3v) is 6.18. The molecule has 0 aliphatic heterocycles. The smallest absolute Gasteiger partial charge is 0.264 e. The Morgan fingerprint density at radius 1 is 1.04 bits per heavy atom. The molecule has 2 rings (SSSR count). The second kappa shape index (κ2) is 8.56. The molecule has 2 aromatic rings. The summed E-state index contributed by atoms with van der Waals surface area (Å²) in [7, 11) is -3.91. The minimum Gasteiger partial charge on any atom is -0.342 e. The molecule has 26 heavy (non-hydrogen) atoms. The number of rotatable bonds is 7. The maximum absolute atomic E-state index is 13.2. The Morgan fingerprint density at radius 3 is 2.23 bits per heavy atom. The van der Waals surface area contributed by atoms with Crippen molar-refractivity contribution in [1.82, 2.24) is 4.90 Å². The van der Waals surface area contributed by atoms with Crippen LogP contribution < -0.4 is 4.31 Å². The van der Waals surface area contributed by atoms with Gasteiger partial charge < -0.3 is 4.90 Å². The van der Waals surface area contributed by atoms with E-state index in [0.29, 0.717) is 23.8 Å². The quantitative estimate of drug-likeness (QED) is 0.719. The van der Waals surface area contributed by atoms with Crippen molar-refractivity contribution in [2.75, 3.05) is 23.9 Å². The van der Waals surface area contributed by atoms with Crippen molar-refractivity contribution >= 4 is 33.2 Å². The van der Waals surface area contributed by atoms with E-state index in [2.05, 4.69) is 0 Å². The standard InChI is InChI=1S/C19H23ClN2O3S/c1-4-21(5-2)19(23)14-22(18-13-16(20)12-11-15(18)3)26(24,25)17-9-7-6-8-10-17/h6-13H,4-5,14H2,1-3H3. The summed E-state index contributed by atoms with van der Waals surface area (Å²) < 4.78 is 27.6. The van der Waals surface area contributed by atoms with Crippen LogP contribution in [0.25, 0.3) is 0 Å². The first-order valence-electron chi connectivity index (χ1n) is 8.43. The van der Waals surface area contributed by atoms with Gasteiger partial charge in [0.05, 0.1) is 10.6 Å². The molecule has 0 aromatic heterocycles. The lowest BCUT2D eigenvalue weighted by Gasteiger charge is -2.28. The summed E-state index contributed by atoms with van der Waals surface area (Å²) in [5.74, 6) is -0.256. The lowest BCUT2D eigenvalue weighted by Crippen LogP contribution is -2.43. The van der Waals surface area contributed by atoms with Crippen LogP contribution in [0.2, 0.25) is 5.02 Å². The first-order chi connectivity index (χ1) is 12.3.